The molecule has 10 heteroatoms. The molecule has 1 aliphatic rings. The Morgan fingerprint density at radius 3 is 2.42 bits per heavy atom. The molecule has 140 valence electrons. The predicted octanol–water partition coefficient (Wildman–Crippen LogP) is 3.54. The molecule has 0 saturated heterocycles. The standard InChI is InChI=1S/C16H17F3N4O3/c17-16(18,19)26-12-7-3-10(4-8-12)9-1-5-11(6-2-9)20-14-13(15(24)25)21-23-22-14/h3-4,7-9,11H,1-2,5-6H2,(H,24,25)(H2,20,21,22,23)/t9-,11+. The summed E-state index contributed by atoms with van der Waals surface area (Å²) in [5.41, 5.74) is 0.887. The summed E-state index contributed by atoms with van der Waals surface area (Å²) in [6.45, 7) is 0. The van der Waals surface area contributed by atoms with Gasteiger partial charge in [-0.3, -0.25) is 0 Å². The number of carboxylic acids is 1. The lowest BCUT2D eigenvalue weighted by Gasteiger charge is -2.29. The van der Waals surface area contributed by atoms with Crippen LogP contribution < -0.4 is 10.1 Å². The van der Waals surface area contributed by atoms with Crippen LogP contribution in [0.1, 0.15) is 47.7 Å². The van der Waals surface area contributed by atoms with Gasteiger partial charge in [-0.2, -0.15) is 0 Å². The summed E-state index contributed by atoms with van der Waals surface area (Å²) < 4.78 is 40.5. The van der Waals surface area contributed by atoms with E-state index in [1.165, 1.54) is 12.1 Å². The molecular formula is C16H17F3N4O3. The molecule has 26 heavy (non-hydrogen) atoms. The van der Waals surface area contributed by atoms with Crippen LogP contribution in [0.2, 0.25) is 0 Å². The molecule has 1 aromatic heterocycles. The lowest BCUT2D eigenvalue weighted by molar-refractivity contribution is -0.274. The van der Waals surface area contributed by atoms with Crippen molar-refractivity contribution in [3.63, 3.8) is 0 Å². The first-order valence-electron chi connectivity index (χ1n) is 8.08. The monoisotopic (exact) mass is 370 g/mol. The van der Waals surface area contributed by atoms with Gasteiger partial charge in [-0.25, -0.2) is 9.89 Å². The number of ether oxygens (including phenoxy) is 1. The van der Waals surface area contributed by atoms with Gasteiger partial charge in [0.2, 0.25) is 0 Å². The van der Waals surface area contributed by atoms with Crippen molar-refractivity contribution in [2.24, 2.45) is 0 Å². The van der Waals surface area contributed by atoms with Gasteiger partial charge in [-0.15, -0.1) is 18.3 Å². The number of benzene rings is 1. The molecule has 0 bridgehead atoms. The zero-order valence-corrected chi connectivity index (χ0v) is 13.6. The van der Waals surface area contributed by atoms with Crippen LogP contribution in [-0.2, 0) is 0 Å². The normalized spacial score (nSPS) is 20.6. The van der Waals surface area contributed by atoms with Crippen molar-refractivity contribution in [1.29, 1.82) is 0 Å². The Labute approximate surface area is 146 Å². The second kappa shape index (κ2) is 7.22. The molecular weight excluding hydrogens is 353 g/mol. The number of nitrogens with zero attached hydrogens (tertiary/aromatic N) is 2. The van der Waals surface area contributed by atoms with Crippen LogP contribution in [0.4, 0.5) is 19.0 Å². The van der Waals surface area contributed by atoms with Crippen LogP contribution in [0.25, 0.3) is 0 Å². The lowest BCUT2D eigenvalue weighted by atomic mass is 9.82. The van der Waals surface area contributed by atoms with E-state index in [2.05, 4.69) is 25.5 Å². The van der Waals surface area contributed by atoms with Crippen molar-refractivity contribution in [1.82, 2.24) is 15.4 Å². The number of anilines is 1. The number of rotatable bonds is 5. The van der Waals surface area contributed by atoms with Gasteiger partial charge in [-0.05, 0) is 49.3 Å². The van der Waals surface area contributed by atoms with Gasteiger partial charge in [0.25, 0.3) is 0 Å². The molecule has 0 atom stereocenters. The van der Waals surface area contributed by atoms with E-state index in [1.807, 2.05) is 0 Å². The number of nitrogens with one attached hydrogen (secondary N) is 2. The third kappa shape index (κ3) is 4.44. The largest absolute Gasteiger partial charge is 0.573 e. The zero-order valence-electron chi connectivity index (χ0n) is 13.6. The van der Waals surface area contributed by atoms with Gasteiger partial charge in [-0.1, -0.05) is 17.3 Å². The Morgan fingerprint density at radius 2 is 1.85 bits per heavy atom. The average molecular weight is 370 g/mol. The summed E-state index contributed by atoms with van der Waals surface area (Å²) in [4.78, 5) is 11.0. The quantitative estimate of drug-likeness (QED) is 0.744. The van der Waals surface area contributed by atoms with Crippen molar-refractivity contribution >= 4 is 11.8 Å². The summed E-state index contributed by atoms with van der Waals surface area (Å²) in [6, 6.07) is 6.02. The first-order valence-corrected chi connectivity index (χ1v) is 8.08. The van der Waals surface area contributed by atoms with Crippen molar-refractivity contribution in [2.45, 2.75) is 44.0 Å². The van der Waals surface area contributed by atoms with E-state index in [0.29, 0.717) is 0 Å². The van der Waals surface area contributed by atoms with Crippen LogP contribution in [0.3, 0.4) is 0 Å². The predicted molar refractivity (Wildman–Crippen MR) is 85.1 cm³/mol. The zero-order chi connectivity index (χ0) is 18.7. The van der Waals surface area contributed by atoms with E-state index in [1.54, 1.807) is 12.1 Å². The van der Waals surface area contributed by atoms with Crippen LogP contribution in [0, 0.1) is 0 Å². The van der Waals surface area contributed by atoms with E-state index in [0.717, 1.165) is 31.2 Å². The number of halogens is 3. The minimum atomic E-state index is -4.69. The summed E-state index contributed by atoms with van der Waals surface area (Å²) in [5.74, 6) is -0.907. The maximum absolute atomic E-state index is 12.2. The minimum absolute atomic E-state index is 0.0716. The maximum atomic E-state index is 12.2. The smallest absolute Gasteiger partial charge is 0.476 e. The molecule has 0 unspecified atom stereocenters. The van der Waals surface area contributed by atoms with Crippen molar-refractivity contribution < 1.29 is 27.8 Å². The highest BCUT2D eigenvalue weighted by molar-refractivity contribution is 5.90. The average Bonchev–Trinajstić information content (AvgIpc) is 3.03. The van der Waals surface area contributed by atoms with E-state index < -0.39 is 12.3 Å². The molecule has 1 heterocycles. The van der Waals surface area contributed by atoms with Crippen LogP contribution in [-0.4, -0.2) is 38.9 Å². The minimum Gasteiger partial charge on any atom is -0.476 e. The van der Waals surface area contributed by atoms with Gasteiger partial charge < -0.3 is 15.2 Å². The lowest BCUT2D eigenvalue weighted by Crippen LogP contribution is -2.26. The van der Waals surface area contributed by atoms with Gasteiger partial charge in [0.15, 0.2) is 11.5 Å². The molecule has 1 saturated carbocycles. The number of carboxylic acid groups (broad SMARTS) is 1. The van der Waals surface area contributed by atoms with Gasteiger partial charge >= 0.3 is 12.3 Å². The van der Waals surface area contributed by atoms with Crippen molar-refractivity contribution in [2.75, 3.05) is 5.32 Å². The van der Waals surface area contributed by atoms with Crippen LogP contribution in [0.5, 0.6) is 5.75 Å². The third-order valence-corrected chi connectivity index (χ3v) is 4.42. The Bertz CT molecular complexity index is 753. The fourth-order valence-corrected chi connectivity index (χ4v) is 3.18. The van der Waals surface area contributed by atoms with Gasteiger partial charge in [0.05, 0.1) is 0 Å². The van der Waals surface area contributed by atoms with E-state index >= 15 is 0 Å². The van der Waals surface area contributed by atoms with Crippen LogP contribution in [0.15, 0.2) is 24.3 Å². The Kier molecular flexibility index (Phi) is 5.01. The molecule has 1 aromatic carbocycles. The second-order valence-electron chi connectivity index (χ2n) is 6.15. The molecule has 3 N–H and O–H groups in total. The maximum Gasteiger partial charge on any atom is 0.573 e. The molecule has 0 spiro atoms. The Morgan fingerprint density at radius 1 is 1.19 bits per heavy atom. The second-order valence-corrected chi connectivity index (χ2v) is 6.15. The van der Waals surface area contributed by atoms with E-state index in [-0.39, 0.29) is 29.2 Å². The fraction of sp³-hybridized carbons (Fsp3) is 0.438. The molecule has 0 aliphatic heterocycles. The molecule has 1 fully saturated rings. The fourth-order valence-electron chi connectivity index (χ4n) is 3.18. The number of hydrogen-bond acceptors (Lipinski definition) is 5. The molecule has 7 nitrogen and oxygen atoms in total. The Hall–Kier alpha value is -2.78. The number of aromatic amines is 1. The Balaban J connectivity index is 1.55. The summed E-state index contributed by atoms with van der Waals surface area (Å²) in [5, 5.41) is 21.7. The number of aromatic nitrogens is 3. The number of aromatic carboxylic acids is 1. The molecule has 3 rings (SSSR count). The topological polar surface area (TPSA) is 100 Å². The van der Waals surface area contributed by atoms with Gasteiger partial charge in [0, 0.05) is 6.04 Å². The molecule has 0 radical (unpaired) electrons. The van der Waals surface area contributed by atoms with Crippen LogP contribution >= 0.6 is 0 Å². The molecule has 0 amide bonds. The van der Waals surface area contributed by atoms with E-state index in [9.17, 15) is 18.0 Å². The number of hydrogen-bond donors (Lipinski definition) is 3. The van der Waals surface area contributed by atoms with E-state index in [4.69, 9.17) is 5.11 Å². The number of H-pyrrole nitrogens is 1. The molecule has 2 aromatic rings. The molecule has 1 aliphatic carbocycles. The summed E-state index contributed by atoms with van der Waals surface area (Å²) in [6.07, 6.45) is -1.45. The summed E-state index contributed by atoms with van der Waals surface area (Å²) in [7, 11) is 0. The first-order chi connectivity index (χ1) is 12.3. The first kappa shape index (κ1) is 18.0. The highest BCUT2D eigenvalue weighted by Crippen LogP contribution is 2.35. The number of carbonyl (C=O) groups is 1. The SMILES string of the molecule is O=C(O)c1[nH]nnc1N[C@H]1CC[C@@H](c2ccc(OC(F)(F)F)cc2)CC1. The third-order valence-electron chi connectivity index (χ3n) is 4.42. The van der Waals surface area contributed by atoms with Crippen molar-refractivity contribution in [3.05, 3.63) is 35.5 Å². The summed E-state index contributed by atoms with van der Waals surface area (Å²) >= 11 is 0. The highest BCUT2D eigenvalue weighted by atomic mass is 19.4. The highest BCUT2D eigenvalue weighted by Gasteiger charge is 2.31. The van der Waals surface area contributed by atoms with Gasteiger partial charge in [0.1, 0.15) is 5.75 Å². The number of alkyl halides is 3. The van der Waals surface area contributed by atoms with Crippen molar-refractivity contribution in [3.8, 4) is 5.75 Å².